The highest BCUT2D eigenvalue weighted by atomic mass is 19.2. The highest BCUT2D eigenvalue weighted by Crippen LogP contribution is 2.65. The zero-order valence-corrected chi connectivity index (χ0v) is 17.9. The van der Waals surface area contributed by atoms with Gasteiger partial charge in [-0.2, -0.15) is 5.10 Å². The summed E-state index contributed by atoms with van der Waals surface area (Å²) in [6.07, 6.45) is -2.22. The number of hydrogen-bond acceptors (Lipinski definition) is 6. The Morgan fingerprint density at radius 2 is 1.97 bits per heavy atom. The van der Waals surface area contributed by atoms with Crippen molar-refractivity contribution in [3.63, 3.8) is 0 Å². The minimum absolute atomic E-state index is 0.00702. The van der Waals surface area contributed by atoms with E-state index >= 15 is 4.39 Å². The predicted molar refractivity (Wildman–Crippen MR) is 112 cm³/mol. The fourth-order valence-corrected chi connectivity index (χ4v) is 5.57. The van der Waals surface area contributed by atoms with E-state index in [-0.39, 0.29) is 18.1 Å². The van der Waals surface area contributed by atoms with Gasteiger partial charge in [0.25, 0.3) is 0 Å². The molecule has 2 aliphatic heterocycles. The first kappa shape index (κ1) is 20.5. The number of benzene rings is 1. The van der Waals surface area contributed by atoms with Crippen molar-refractivity contribution in [2.45, 2.75) is 49.5 Å². The summed E-state index contributed by atoms with van der Waals surface area (Å²) in [6.45, 7) is 1.88. The van der Waals surface area contributed by atoms with Gasteiger partial charge in [-0.3, -0.25) is 4.90 Å². The summed E-state index contributed by atoms with van der Waals surface area (Å²) < 4.78 is 51.3. The first-order chi connectivity index (χ1) is 15.8. The van der Waals surface area contributed by atoms with E-state index in [1.165, 1.54) is 6.07 Å². The number of aromatic hydroxyl groups is 1. The first-order valence-corrected chi connectivity index (χ1v) is 10.8. The Morgan fingerprint density at radius 1 is 1.15 bits per heavy atom. The second-order valence-corrected chi connectivity index (χ2v) is 9.13. The summed E-state index contributed by atoms with van der Waals surface area (Å²) >= 11 is 0. The molecule has 33 heavy (non-hydrogen) atoms. The van der Waals surface area contributed by atoms with Crippen molar-refractivity contribution in [2.75, 3.05) is 7.05 Å². The molecule has 7 atom stereocenters. The third-order valence-corrected chi connectivity index (χ3v) is 7.26. The molecule has 1 saturated carbocycles. The minimum atomic E-state index is -2.12. The number of piperidine rings is 2. The molecule has 3 aliphatic rings. The maximum absolute atomic E-state index is 15.1. The molecule has 1 aliphatic carbocycles. The summed E-state index contributed by atoms with van der Waals surface area (Å²) in [4.78, 5) is 1.61. The van der Waals surface area contributed by atoms with Gasteiger partial charge in [0.1, 0.15) is 18.0 Å². The average molecular weight is 457 g/mol. The van der Waals surface area contributed by atoms with Crippen molar-refractivity contribution < 1.29 is 23.0 Å². The smallest absolute Gasteiger partial charge is 0.233 e. The standard InChI is InChI=1S/C23H22F3N5O2/c1-11-7-8-31(29-11)12-3-4-13(16(32)9-12)14-5-6-18(28-27-14)33-17-10-15-19-21(25)23(19,26)22(20(17)24)30(15)2/h3-9,15,17,19-22,32H,10H2,1-2H3. The van der Waals surface area contributed by atoms with E-state index in [0.717, 1.165) is 5.69 Å². The summed E-state index contributed by atoms with van der Waals surface area (Å²) in [6, 6.07) is 8.53. The summed E-state index contributed by atoms with van der Waals surface area (Å²) in [7, 11) is 1.64. The molecule has 4 heterocycles. The van der Waals surface area contributed by atoms with Gasteiger partial charge in [0.05, 0.1) is 23.1 Å². The number of halogens is 3. The first-order valence-electron chi connectivity index (χ1n) is 10.8. The van der Waals surface area contributed by atoms with E-state index in [4.69, 9.17) is 4.74 Å². The number of phenolic OH excluding ortho intramolecular Hbond substituents is 1. The van der Waals surface area contributed by atoms with Gasteiger partial charge in [-0.25, -0.2) is 17.9 Å². The van der Waals surface area contributed by atoms with E-state index in [9.17, 15) is 13.9 Å². The van der Waals surface area contributed by atoms with E-state index in [0.29, 0.717) is 16.9 Å². The highest BCUT2D eigenvalue weighted by molar-refractivity contribution is 5.68. The van der Waals surface area contributed by atoms with Gasteiger partial charge >= 0.3 is 0 Å². The molecule has 3 aromatic rings. The average Bonchev–Trinajstić information content (AvgIpc) is 3.06. The van der Waals surface area contributed by atoms with Crippen molar-refractivity contribution in [3.05, 3.63) is 48.3 Å². The second-order valence-electron chi connectivity index (χ2n) is 9.13. The fourth-order valence-electron chi connectivity index (χ4n) is 5.57. The number of nitrogens with zero attached hydrogens (tertiary/aromatic N) is 5. The van der Waals surface area contributed by atoms with E-state index in [1.54, 1.807) is 47.1 Å². The molecule has 3 fully saturated rings. The number of aryl methyl sites for hydroxylation is 1. The Kier molecular flexibility index (Phi) is 4.30. The van der Waals surface area contributed by atoms with Crippen molar-refractivity contribution in [1.29, 1.82) is 0 Å². The maximum atomic E-state index is 15.1. The van der Waals surface area contributed by atoms with Crippen LogP contribution in [0.3, 0.4) is 0 Å². The molecule has 0 spiro atoms. The normalized spacial score (nSPS) is 34.8. The Morgan fingerprint density at radius 3 is 2.64 bits per heavy atom. The van der Waals surface area contributed by atoms with Crippen LogP contribution in [0.4, 0.5) is 13.2 Å². The van der Waals surface area contributed by atoms with Gasteiger partial charge in [-0.15, -0.1) is 10.2 Å². The Bertz CT molecular complexity index is 1220. The lowest BCUT2D eigenvalue weighted by molar-refractivity contribution is -0.0533. The van der Waals surface area contributed by atoms with Crippen molar-refractivity contribution in [3.8, 4) is 28.6 Å². The Labute approximate surface area is 187 Å². The number of fused-ring (bicyclic) bond motifs is 5. The topological polar surface area (TPSA) is 76.3 Å². The van der Waals surface area contributed by atoms with Crippen LogP contribution in [0.25, 0.3) is 16.9 Å². The molecule has 1 aromatic carbocycles. The molecule has 7 unspecified atom stereocenters. The van der Waals surface area contributed by atoms with Gasteiger partial charge in [-0.05, 0) is 38.2 Å². The molecule has 7 nitrogen and oxygen atoms in total. The van der Waals surface area contributed by atoms with Crippen LogP contribution in [0.15, 0.2) is 42.6 Å². The molecule has 2 aromatic heterocycles. The van der Waals surface area contributed by atoms with Gasteiger partial charge in [0.15, 0.2) is 11.8 Å². The summed E-state index contributed by atoms with van der Waals surface area (Å²) in [5, 5.41) is 22.9. The van der Waals surface area contributed by atoms with Crippen molar-refractivity contribution in [1.82, 2.24) is 24.9 Å². The van der Waals surface area contributed by atoms with Gasteiger partial charge in [-0.1, -0.05) is 0 Å². The number of alkyl halides is 3. The largest absolute Gasteiger partial charge is 0.507 e. The third-order valence-electron chi connectivity index (χ3n) is 7.26. The van der Waals surface area contributed by atoms with Gasteiger partial charge in [0.2, 0.25) is 5.88 Å². The SMILES string of the molecule is Cc1ccn(-c2ccc(-c3ccc(OC4CC5C6C(F)C6(F)C(C4F)N5C)nn3)c(O)c2)n1. The number of rotatable bonds is 4. The number of phenols is 1. The zero-order valence-electron chi connectivity index (χ0n) is 17.9. The second kappa shape index (κ2) is 6.93. The minimum Gasteiger partial charge on any atom is -0.507 e. The Balaban J connectivity index is 1.18. The molecular weight excluding hydrogens is 435 g/mol. The molecule has 6 rings (SSSR count). The molecule has 2 saturated heterocycles. The number of ether oxygens (including phenoxy) is 1. The van der Waals surface area contributed by atoms with Crippen molar-refractivity contribution in [2.24, 2.45) is 5.92 Å². The van der Waals surface area contributed by atoms with E-state index < -0.39 is 42.1 Å². The van der Waals surface area contributed by atoms with Crippen LogP contribution in [0.1, 0.15) is 12.1 Å². The van der Waals surface area contributed by atoms with Crippen LogP contribution in [0, 0.1) is 12.8 Å². The number of hydrogen-bond donors (Lipinski definition) is 1. The van der Waals surface area contributed by atoms with E-state index in [1.807, 2.05) is 13.0 Å². The molecule has 172 valence electrons. The lowest BCUT2D eigenvalue weighted by Gasteiger charge is -2.41. The van der Waals surface area contributed by atoms with Crippen molar-refractivity contribution >= 4 is 0 Å². The van der Waals surface area contributed by atoms with Crippen LogP contribution in [0.2, 0.25) is 0 Å². The predicted octanol–water partition coefficient (Wildman–Crippen LogP) is 3.19. The van der Waals surface area contributed by atoms with Gasteiger partial charge < -0.3 is 9.84 Å². The zero-order chi connectivity index (χ0) is 23.1. The Hall–Kier alpha value is -3.14. The van der Waals surface area contributed by atoms with Crippen LogP contribution in [-0.4, -0.2) is 73.2 Å². The maximum Gasteiger partial charge on any atom is 0.233 e. The lowest BCUT2D eigenvalue weighted by Crippen LogP contribution is -2.58. The van der Waals surface area contributed by atoms with Crippen LogP contribution < -0.4 is 4.74 Å². The molecule has 1 N–H and O–H groups in total. The van der Waals surface area contributed by atoms with E-state index in [2.05, 4.69) is 15.3 Å². The fraction of sp³-hybridized carbons (Fsp3) is 0.435. The molecule has 10 heteroatoms. The molecule has 0 amide bonds. The van der Waals surface area contributed by atoms with Gasteiger partial charge in [0, 0.05) is 42.3 Å². The molecule has 0 radical (unpaired) electrons. The highest BCUT2D eigenvalue weighted by Gasteiger charge is 2.83. The lowest BCUT2D eigenvalue weighted by atomic mass is 9.93. The number of aromatic nitrogens is 4. The quantitative estimate of drug-likeness (QED) is 0.649. The monoisotopic (exact) mass is 457 g/mol. The molecule has 2 bridgehead atoms. The van der Waals surface area contributed by atoms with Crippen LogP contribution in [0.5, 0.6) is 11.6 Å². The summed E-state index contributed by atoms with van der Waals surface area (Å²) in [5.74, 6) is -0.686. The third kappa shape index (κ3) is 2.89. The molecular formula is C23H22F3N5O2. The summed E-state index contributed by atoms with van der Waals surface area (Å²) in [5.41, 5.74) is 0.312. The van der Waals surface area contributed by atoms with Crippen LogP contribution in [-0.2, 0) is 0 Å². The van der Waals surface area contributed by atoms with Crippen LogP contribution >= 0.6 is 0 Å².